The van der Waals surface area contributed by atoms with Crippen molar-refractivity contribution < 1.29 is 13.6 Å². The summed E-state index contributed by atoms with van der Waals surface area (Å²) < 4.78 is 30.8. The van der Waals surface area contributed by atoms with Crippen molar-refractivity contribution in [2.45, 2.75) is 101 Å². The Balaban J connectivity index is 0.917. The van der Waals surface area contributed by atoms with Crippen LogP contribution in [-0.2, 0) is 0 Å². The normalized spacial score (nSPS) is 43.0. The molecule has 2 saturated carbocycles. The average Bonchev–Trinajstić information content (AvgIpc) is 3.04. The number of piperidine rings is 2. The van der Waals surface area contributed by atoms with E-state index in [1.54, 1.807) is 0 Å². The molecule has 11 heteroatoms. The second kappa shape index (κ2) is 14.8. The Morgan fingerprint density at radius 1 is 0.548 bits per heavy atom. The lowest BCUT2D eigenvalue weighted by Crippen LogP contribution is -2.57. The van der Waals surface area contributed by atoms with E-state index in [1.165, 1.54) is 0 Å². The number of amides is 2. The maximum Gasteiger partial charge on any atom is 0.315 e. The highest BCUT2D eigenvalue weighted by atomic mass is 19.1. The summed E-state index contributed by atoms with van der Waals surface area (Å²) in [5.41, 5.74) is 0. The summed E-state index contributed by atoms with van der Waals surface area (Å²) in [5, 5.41) is 20.0. The number of nitrogens with one attached hydrogen (secondary N) is 6. The lowest BCUT2D eigenvalue weighted by atomic mass is 9.73. The summed E-state index contributed by atoms with van der Waals surface area (Å²) in [6.45, 7) is 10.4. The number of alkyl halides is 2. The lowest BCUT2D eigenvalue weighted by molar-refractivity contribution is 0.0508. The van der Waals surface area contributed by atoms with E-state index in [-0.39, 0.29) is 0 Å². The van der Waals surface area contributed by atoms with Gasteiger partial charge in [-0.15, -0.1) is 0 Å². The van der Waals surface area contributed by atoms with E-state index < -0.39 is 30.5 Å². The van der Waals surface area contributed by atoms with Gasteiger partial charge in [-0.2, -0.15) is 0 Å². The van der Waals surface area contributed by atoms with Crippen LogP contribution in [0.5, 0.6) is 0 Å². The summed E-state index contributed by atoms with van der Waals surface area (Å²) >= 11 is 0. The maximum absolute atomic E-state index is 15.4. The third-order valence-electron chi connectivity index (χ3n) is 11.6. The van der Waals surface area contributed by atoms with Gasteiger partial charge < -0.3 is 31.9 Å². The van der Waals surface area contributed by atoms with Crippen LogP contribution in [0, 0.1) is 23.7 Å². The molecule has 2 aliphatic carbocycles. The van der Waals surface area contributed by atoms with Crippen molar-refractivity contribution in [3.8, 4) is 0 Å². The second-order valence-electron chi connectivity index (χ2n) is 14.1. The van der Waals surface area contributed by atoms with Gasteiger partial charge >= 0.3 is 6.03 Å². The fourth-order valence-corrected chi connectivity index (χ4v) is 9.10. The van der Waals surface area contributed by atoms with Crippen LogP contribution >= 0.6 is 0 Å². The quantitative estimate of drug-likeness (QED) is 0.279. The van der Waals surface area contributed by atoms with Crippen LogP contribution in [0.1, 0.15) is 64.2 Å². The molecular formula is C31H56F2N8O. The molecule has 10 atom stereocenters. The van der Waals surface area contributed by atoms with Gasteiger partial charge in [-0.3, -0.25) is 9.80 Å². The van der Waals surface area contributed by atoms with Crippen LogP contribution in [0.3, 0.4) is 0 Å². The number of carbonyl (C=O) groups is 1. The average molecular weight is 595 g/mol. The monoisotopic (exact) mass is 594 g/mol. The van der Waals surface area contributed by atoms with Crippen LogP contribution in [0.2, 0.25) is 0 Å². The predicted octanol–water partition coefficient (Wildman–Crippen LogP) is 1.76. The largest absolute Gasteiger partial charge is 0.332 e. The molecule has 0 aromatic heterocycles. The molecule has 6 fully saturated rings. The predicted molar refractivity (Wildman–Crippen MR) is 162 cm³/mol. The highest BCUT2D eigenvalue weighted by Gasteiger charge is 2.40. The van der Waals surface area contributed by atoms with Gasteiger partial charge in [0.2, 0.25) is 0 Å². The van der Waals surface area contributed by atoms with E-state index in [9.17, 15) is 4.79 Å². The topological polar surface area (TPSA) is 95.7 Å². The van der Waals surface area contributed by atoms with Crippen molar-refractivity contribution in [1.82, 2.24) is 41.7 Å². The number of piperazine rings is 2. The van der Waals surface area contributed by atoms with Crippen molar-refractivity contribution in [3.05, 3.63) is 0 Å². The first kappa shape index (κ1) is 30.9. The van der Waals surface area contributed by atoms with Crippen LogP contribution in [-0.4, -0.2) is 118 Å². The molecule has 0 aromatic rings. The molecule has 0 bridgehead atoms. The molecule has 0 radical (unpaired) electrons. The number of carbonyl (C=O) groups excluding carboxylic acids is 1. The molecule has 0 aromatic carbocycles. The van der Waals surface area contributed by atoms with E-state index >= 15 is 8.78 Å². The van der Waals surface area contributed by atoms with Gasteiger partial charge in [-0.05, 0) is 101 Å². The molecule has 9 nitrogen and oxygen atoms in total. The highest BCUT2D eigenvalue weighted by Crippen LogP contribution is 2.39. The molecule has 42 heavy (non-hydrogen) atoms. The van der Waals surface area contributed by atoms with Gasteiger partial charge in [0.05, 0.1) is 24.4 Å². The van der Waals surface area contributed by atoms with E-state index in [4.69, 9.17) is 0 Å². The molecule has 6 N–H and O–H groups in total. The second-order valence-corrected chi connectivity index (χ2v) is 14.1. The lowest BCUT2D eigenvalue weighted by Gasteiger charge is -2.44. The molecule has 6 rings (SSSR count). The van der Waals surface area contributed by atoms with E-state index in [0.717, 1.165) is 104 Å². The van der Waals surface area contributed by atoms with Gasteiger partial charge in [-0.1, -0.05) is 0 Å². The molecule has 10 unspecified atom stereocenters. The van der Waals surface area contributed by atoms with Gasteiger partial charge in [-0.25, -0.2) is 13.6 Å². The zero-order valence-corrected chi connectivity index (χ0v) is 25.5. The van der Waals surface area contributed by atoms with Crippen LogP contribution < -0.4 is 31.9 Å². The molecule has 6 aliphatic rings. The third-order valence-corrected chi connectivity index (χ3v) is 11.6. The fourth-order valence-electron chi connectivity index (χ4n) is 9.10. The zero-order chi connectivity index (χ0) is 28.9. The first-order valence-electron chi connectivity index (χ1n) is 17.2. The molecule has 4 saturated heterocycles. The first-order valence-corrected chi connectivity index (χ1v) is 17.2. The van der Waals surface area contributed by atoms with Crippen LogP contribution in [0.25, 0.3) is 0 Å². The Morgan fingerprint density at radius 2 is 0.952 bits per heavy atom. The summed E-state index contributed by atoms with van der Waals surface area (Å²) in [4.78, 5) is 18.0. The summed E-state index contributed by atoms with van der Waals surface area (Å²) in [7, 11) is 0. The molecule has 0 spiro atoms. The zero-order valence-electron chi connectivity index (χ0n) is 25.5. The van der Waals surface area contributed by atoms with Crippen LogP contribution in [0.4, 0.5) is 13.6 Å². The number of urea groups is 1. The van der Waals surface area contributed by atoms with E-state index in [0.29, 0.717) is 61.7 Å². The van der Waals surface area contributed by atoms with Crippen molar-refractivity contribution in [3.63, 3.8) is 0 Å². The SMILES string of the molecule is O=C(NC1CCC(C2CCNC(N3CCNCC3)C2)CC1F)NC1CCC(C2CCNC(N3CCNCC3)C2)CC1F. The standard InChI is InChI=1S/C31H56F2N8O/c32-25-17-21(23-5-7-36-29(19-23)40-13-9-34-10-14-40)1-3-27(25)38-31(42)39-28-4-2-22(18-26(28)33)24-6-8-37-30(20-24)41-15-11-35-12-16-41/h21-30,34-37H,1-20H2,(H2,38,39,42). The first-order chi connectivity index (χ1) is 20.5. The number of hydrogen-bond donors (Lipinski definition) is 6. The summed E-state index contributed by atoms with van der Waals surface area (Å²) in [6.07, 6.45) is 7.37. The number of halogens is 2. The van der Waals surface area contributed by atoms with Crippen molar-refractivity contribution in [1.29, 1.82) is 0 Å². The van der Waals surface area contributed by atoms with Gasteiger partial charge in [0.15, 0.2) is 0 Å². The Morgan fingerprint density at radius 3 is 1.36 bits per heavy atom. The Bertz CT molecular complexity index is 793. The molecule has 2 amide bonds. The Hall–Kier alpha value is -1.11. The van der Waals surface area contributed by atoms with Crippen LogP contribution in [0.15, 0.2) is 0 Å². The minimum atomic E-state index is -1.04. The summed E-state index contributed by atoms with van der Waals surface area (Å²) in [6, 6.07) is -1.34. The molecule has 4 heterocycles. The third kappa shape index (κ3) is 7.75. The molecule has 240 valence electrons. The minimum absolute atomic E-state index is 0.375. The Labute approximate surface area is 251 Å². The van der Waals surface area contributed by atoms with Gasteiger partial charge in [0.1, 0.15) is 12.3 Å². The van der Waals surface area contributed by atoms with E-state index in [1.807, 2.05) is 0 Å². The van der Waals surface area contributed by atoms with Gasteiger partial charge in [0, 0.05) is 52.4 Å². The Kier molecular flexibility index (Phi) is 10.9. The maximum atomic E-state index is 15.4. The fraction of sp³-hybridized carbons (Fsp3) is 0.968. The summed E-state index contributed by atoms with van der Waals surface area (Å²) in [5.74, 6) is 1.82. The highest BCUT2D eigenvalue weighted by molar-refractivity contribution is 5.74. The van der Waals surface area contributed by atoms with Crippen molar-refractivity contribution >= 4 is 6.03 Å². The van der Waals surface area contributed by atoms with Crippen molar-refractivity contribution in [2.75, 3.05) is 65.4 Å². The number of rotatable bonds is 6. The number of nitrogens with zero attached hydrogens (tertiary/aromatic N) is 2. The number of hydrogen-bond acceptors (Lipinski definition) is 7. The minimum Gasteiger partial charge on any atom is -0.332 e. The van der Waals surface area contributed by atoms with Crippen molar-refractivity contribution in [2.24, 2.45) is 23.7 Å². The smallest absolute Gasteiger partial charge is 0.315 e. The van der Waals surface area contributed by atoms with Gasteiger partial charge in [0.25, 0.3) is 0 Å². The van der Waals surface area contributed by atoms with E-state index in [2.05, 4.69) is 41.7 Å². The molecule has 4 aliphatic heterocycles. The molecular weight excluding hydrogens is 538 g/mol.